The fourth-order valence-corrected chi connectivity index (χ4v) is 4.09. The number of thioether (sulfide) groups is 1. The van der Waals surface area contributed by atoms with Crippen molar-refractivity contribution < 1.29 is 14.3 Å². The van der Waals surface area contributed by atoms with Gasteiger partial charge in [0.15, 0.2) is 5.17 Å². The minimum absolute atomic E-state index is 0.0553. The van der Waals surface area contributed by atoms with Crippen LogP contribution in [0.1, 0.15) is 45.6 Å². The summed E-state index contributed by atoms with van der Waals surface area (Å²) in [7, 11) is 0. The van der Waals surface area contributed by atoms with E-state index in [9.17, 15) is 9.59 Å². The summed E-state index contributed by atoms with van der Waals surface area (Å²) in [5, 5.41) is 3.18. The van der Waals surface area contributed by atoms with Crippen molar-refractivity contribution in [2.24, 2.45) is 4.99 Å². The molecule has 28 heavy (non-hydrogen) atoms. The zero-order valence-electron chi connectivity index (χ0n) is 16.8. The molecule has 1 atom stereocenters. The Bertz CT molecular complexity index is 729. The minimum Gasteiger partial charge on any atom is -0.377 e. The fourth-order valence-electron chi connectivity index (χ4n) is 2.91. The summed E-state index contributed by atoms with van der Waals surface area (Å²) in [6.07, 6.45) is 3.34. The molecule has 1 aliphatic heterocycles. The van der Waals surface area contributed by atoms with Crippen molar-refractivity contribution in [3.05, 3.63) is 29.8 Å². The van der Waals surface area contributed by atoms with Gasteiger partial charge in [-0.25, -0.2) is 4.99 Å². The zero-order valence-corrected chi connectivity index (χ0v) is 17.6. The molecule has 0 radical (unpaired) electrons. The van der Waals surface area contributed by atoms with E-state index in [1.54, 1.807) is 4.90 Å². The third kappa shape index (κ3) is 5.82. The van der Waals surface area contributed by atoms with Crippen molar-refractivity contribution in [3.8, 4) is 0 Å². The van der Waals surface area contributed by atoms with Crippen LogP contribution >= 0.6 is 11.8 Å². The predicted octanol–water partition coefficient (Wildman–Crippen LogP) is 3.27. The molecule has 6 nitrogen and oxygen atoms in total. The van der Waals surface area contributed by atoms with Gasteiger partial charge in [-0.2, -0.15) is 0 Å². The van der Waals surface area contributed by atoms with Gasteiger partial charge in [-0.1, -0.05) is 30.8 Å². The zero-order chi connectivity index (χ0) is 20.1. The van der Waals surface area contributed by atoms with Gasteiger partial charge >= 0.3 is 0 Å². The maximum atomic E-state index is 12.9. The highest BCUT2D eigenvalue weighted by molar-refractivity contribution is 8.15. The summed E-state index contributed by atoms with van der Waals surface area (Å²) in [5.74, 6) is -0.118. The van der Waals surface area contributed by atoms with Gasteiger partial charge < -0.3 is 10.1 Å². The Labute approximate surface area is 171 Å². The number of rotatable bonds is 9. The SMILES string of the molecule is CCc1ccc(N=C2SC(CC(=O)NC3CC3)C(=O)N2CCOC(C)C)cc1. The maximum absolute atomic E-state index is 12.9. The molecule has 1 unspecified atom stereocenters. The van der Waals surface area contributed by atoms with Gasteiger partial charge in [0, 0.05) is 12.5 Å². The molecule has 0 spiro atoms. The quantitative estimate of drug-likeness (QED) is 0.687. The molecule has 152 valence electrons. The van der Waals surface area contributed by atoms with Crippen LogP contribution in [0, 0.1) is 0 Å². The van der Waals surface area contributed by atoms with Gasteiger partial charge in [-0.3, -0.25) is 14.5 Å². The van der Waals surface area contributed by atoms with Crippen LogP contribution in [0.4, 0.5) is 5.69 Å². The molecule has 0 bridgehead atoms. The standard InChI is InChI=1S/C21H29N3O3S/c1-4-15-5-7-17(8-6-15)23-21-24(11-12-27-14(2)3)20(26)18(28-21)13-19(25)22-16-9-10-16/h5-8,14,16,18H,4,9-13H2,1-3H3,(H,22,25). The van der Waals surface area contributed by atoms with E-state index in [0.717, 1.165) is 24.9 Å². The summed E-state index contributed by atoms with van der Waals surface area (Å²) in [5.41, 5.74) is 2.06. The van der Waals surface area contributed by atoms with Crippen LogP contribution in [-0.2, 0) is 20.7 Å². The van der Waals surface area contributed by atoms with Crippen molar-refractivity contribution in [3.63, 3.8) is 0 Å². The topological polar surface area (TPSA) is 71.0 Å². The maximum Gasteiger partial charge on any atom is 0.242 e. The third-order valence-electron chi connectivity index (χ3n) is 4.67. The van der Waals surface area contributed by atoms with Crippen LogP contribution in [0.3, 0.4) is 0 Å². The Morgan fingerprint density at radius 3 is 2.64 bits per heavy atom. The Morgan fingerprint density at radius 2 is 2.04 bits per heavy atom. The number of benzene rings is 1. The van der Waals surface area contributed by atoms with E-state index >= 15 is 0 Å². The van der Waals surface area contributed by atoms with E-state index in [1.165, 1.54) is 17.3 Å². The second-order valence-corrected chi connectivity index (χ2v) is 8.65. The van der Waals surface area contributed by atoms with Crippen LogP contribution in [0.5, 0.6) is 0 Å². The molecule has 1 aliphatic carbocycles. The van der Waals surface area contributed by atoms with Gasteiger partial charge in [0.2, 0.25) is 11.8 Å². The summed E-state index contributed by atoms with van der Waals surface area (Å²) in [6, 6.07) is 8.33. The van der Waals surface area contributed by atoms with E-state index in [0.29, 0.717) is 24.4 Å². The molecule has 1 saturated carbocycles. The van der Waals surface area contributed by atoms with Crippen molar-refractivity contribution in [1.82, 2.24) is 10.2 Å². The second kappa shape index (κ2) is 9.56. The first-order valence-corrected chi connectivity index (χ1v) is 10.9. The number of amidine groups is 1. The van der Waals surface area contributed by atoms with E-state index < -0.39 is 5.25 Å². The molecule has 7 heteroatoms. The molecule has 1 N–H and O–H groups in total. The molecule has 2 aliphatic rings. The Kier molecular flexibility index (Phi) is 7.13. The molecule has 1 aromatic carbocycles. The molecular formula is C21H29N3O3S. The molecule has 3 rings (SSSR count). The fraction of sp³-hybridized carbons (Fsp3) is 0.571. The van der Waals surface area contributed by atoms with Crippen LogP contribution < -0.4 is 5.32 Å². The Balaban J connectivity index is 1.71. The average Bonchev–Trinajstić information content (AvgIpc) is 3.43. The van der Waals surface area contributed by atoms with E-state index in [-0.39, 0.29) is 24.3 Å². The number of carbonyl (C=O) groups excluding carboxylic acids is 2. The molecule has 1 aromatic rings. The summed E-state index contributed by atoms with van der Waals surface area (Å²) < 4.78 is 5.62. The number of hydrogen-bond donors (Lipinski definition) is 1. The Morgan fingerprint density at radius 1 is 1.32 bits per heavy atom. The smallest absolute Gasteiger partial charge is 0.242 e. The summed E-state index contributed by atoms with van der Waals surface area (Å²) in [4.78, 5) is 31.4. The highest BCUT2D eigenvalue weighted by Crippen LogP contribution is 2.32. The van der Waals surface area contributed by atoms with Crippen LogP contribution in [0.15, 0.2) is 29.3 Å². The van der Waals surface area contributed by atoms with Gasteiger partial charge in [0.25, 0.3) is 0 Å². The van der Waals surface area contributed by atoms with E-state index in [2.05, 4.69) is 12.2 Å². The predicted molar refractivity (Wildman–Crippen MR) is 113 cm³/mol. The minimum atomic E-state index is -0.425. The number of aryl methyl sites for hydroxylation is 1. The van der Waals surface area contributed by atoms with Crippen molar-refractivity contribution in [1.29, 1.82) is 0 Å². The lowest BCUT2D eigenvalue weighted by atomic mass is 10.2. The van der Waals surface area contributed by atoms with Crippen molar-refractivity contribution in [2.75, 3.05) is 13.2 Å². The number of nitrogens with one attached hydrogen (secondary N) is 1. The van der Waals surface area contributed by atoms with Crippen LogP contribution in [0.25, 0.3) is 0 Å². The number of carbonyl (C=O) groups is 2. The molecule has 1 saturated heterocycles. The second-order valence-electron chi connectivity index (χ2n) is 7.48. The van der Waals surface area contributed by atoms with Crippen LogP contribution in [-0.4, -0.2) is 52.4 Å². The van der Waals surface area contributed by atoms with Gasteiger partial charge in [-0.05, 0) is 50.8 Å². The number of hydrogen-bond acceptors (Lipinski definition) is 5. The Hall–Kier alpha value is -1.86. The first-order chi connectivity index (χ1) is 13.5. The van der Waals surface area contributed by atoms with Gasteiger partial charge in [0.1, 0.15) is 5.25 Å². The van der Waals surface area contributed by atoms with Crippen LogP contribution in [0.2, 0.25) is 0 Å². The molecule has 2 fully saturated rings. The average molecular weight is 404 g/mol. The number of amides is 2. The van der Waals surface area contributed by atoms with E-state index in [1.807, 2.05) is 38.1 Å². The van der Waals surface area contributed by atoms with Gasteiger partial charge in [0.05, 0.1) is 24.9 Å². The summed E-state index contributed by atoms with van der Waals surface area (Å²) >= 11 is 1.38. The monoisotopic (exact) mass is 403 g/mol. The number of aliphatic imine (C=N–C) groups is 1. The molecule has 1 heterocycles. The van der Waals surface area contributed by atoms with Crippen molar-refractivity contribution in [2.45, 2.75) is 63.9 Å². The normalized spacial score (nSPS) is 21.0. The van der Waals surface area contributed by atoms with Gasteiger partial charge in [-0.15, -0.1) is 0 Å². The lowest BCUT2D eigenvalue weighted by Gasteiger charge is -2.17. The van der Waals surface area contributed by atoms with Crippen molar-refractivity contribution >= 4 is 34.4 Å². The highest BCUT2D eigenvalue weighted by Gasteiger charge is 2.39. The number of ether oxygens (including phenoxy) is 1. The highest BCUT2D eigenvalue weighted by atomic mass is 32.2. The molecular weight excluding hydrogens is 374 g/mol. The number of nitrogens with zero attached hydrogens (tertiary/aromatic N) is 2. The largest absolute Gasteiger partial charge is 0.377 e. The molecule has 2 amide bonds. The summed E-state index contributed by atoms with van der Waals surface area (Å²) in [6.45, 7) is 6.93. The molecule has 0 aromatic heterocycles. The van der Waals surface area contributed by atoms with E-state index in [4.69, 9.17) is 9.73 Å². The first kappa shape index (κ1) is 20.9. The first-order valence-electron chi connectivity index (χ1n) is 10.0. The lowest BCUT2D eigenvalue weighted by Crippen LogP contribution is -2.37. The lowest BCUT2D eigenvalue weighted by molar-refractivity contribution is -0.129. The third-order valence-corrected chi connectivity index (χ3v) is 5.84.